The number of aromatic nitrogens is 3. The van der Waals surface area contributed by atoms with Crippen molar-refractivity contribution < 1.29 is 0 Å². The number of pyridine rings is 1. The molecule has 0 N–H and O–H groups in total. The van der Waals surface area contributed by atoms with Crippen LogP contribution in [0.1, 0.15) is 29.7 Å². The van der Waals surface area contributed by atoms with Gasteiger partial charge in [0, 0.05) is 71.2 Å². The Labute approximate surface area is 155 Å². The highest BCUT2D eigenvalue weighted by molar-refractivity contribution is 5.53. The minimum atomic E-state index is 0.924. The van der Waals surface area contributed by atoms with E-state index in [2.05, 4.69) is 45.9 Å². The van der Waals surface area contributed by atoms with Gasteiger partial charge in [-0.05, 0) is 37.0 Å². The van der Waals surface area contributed by atoms with Crippen LogP contribution in [0.25, 0.3) is 0 Å². The van der Waals surface area contributed by atoms with Gasteiger partial charge >= 0.3 is 0 Å². The van der Waals surface area contributed by atoms with E-state index in [1.54, 1.807) is 0 Å². The Kier molecular flexibility index (Phi) is 5.02. The molecule has 2 aromatic rings. The van der Waals surface area contributed by atoms with Crippen LogP contribution in [0.4, 0.5) is 11.8 Å². The Morgan fingerprint density at radius 3 is 2.42 bits per heavy atom. The van der Waals surface area contributed by atoms with Crippen molar-refractivity contribution in [2.24, 2.45) is 0 Å². The van der Waals surface area contributed by atoms with E-state index in [0.29, 0.717) is 0 Å². The summed E-state index contributed by atoms with van der Waals surface area (Å²) in [4.78, 5) is 21.1. The normalized spacial score (nSPS) is 17.8. The van der Waals surface area contributed by atoms with Crippen LogP contribution in [0.15, 0.2) is 24.5 Å². The van der Waals surface area contributed by atoms with E-state index in [1.165, 1.54) is 29.7 Å². The van der Waals surface area contributed by atoms with Crippen molar-refractivity contribution in [2.45, 2.75) is 32.2 Å². The third kappa shape index (κ3) is 3.65. The van der Waals surface area contributed by atoms with Crippen LogP contribution in [0.2, 0.25) is 0 Å². The summed E-state index contributed by atoms with van der Waals surface area (Å²) >= 11 is 0. The molecule has 4 heterocycles. The summed E-state index contributed by atoms with van der Waals surface area (Å²) in [6.45, 7) is 5.22. The molecular weight excluding hydrogens is 324 g/mol. The fraction of sp³-hybridized carbons (Fsp3) is 0.550. The lowest BCUT2D eigenvalue weighted by Crippen LogP contribution is -2.26. The molecule has 0 aliphatic carbocycles. The van der Waals surface area contributed by atoms with Crippen molar-refractivity contribution in [3.63, 3.8) is 0 Å². The summed E-state index contributed by atoms with van der Waals surface area (Å²) < 4.78 is 0. The molecule has 26 heavy (non-hydrogen) atoms. The predicted molar refractivity (Wildman–Crippen MR) is 105 cm³/mol. The number of fused-ring (bicyclic) bond motifs is 1. The Morgan fingerprint density at radius 1 is 0.962 bits per heavy atom. The molecule has 1 saturated heterocycles. The smallest absolute Gasteiger partial charge is 0.227 e. The van der Waals surface area contributed by atoms with Crippen LogP contribution in [-0.2, 0) is 19.4 Å². The van der Waals surface area contributed by atoms with Crippen molar-refractivity contribution in [2.75, 3.05) is 50.1 Å². The molecule has 0 aromatic carbocycles. The van der Waals surface area contributed by atoms with Crippen LogP contribution in [0.5, 0.6) is 0 Å². The minimum absolute atomic E-state index is 0.924. The number of hydrogen-bond acceptors (Lipinski definition) is 6. The van der Waals surface area contributed by atoms with Gasteiger partial charge in [0.2, 0.25) is 5.95 Å². The molecule has 0 saturated carbocycles. The maximum Gasteiger partial charge on any atom is 0.227 e. The molecular formula is C20H28N6. The molecule has 138 valence electrons. The second-order valence-corrected chi connectivity index (χ2v) is 7.49. The first-order chi connectivity index (χ1) is 12.7. The van der Waals surface area contributed by atoms with Crippen LogP contribution < -0.4 is 9.80 Å². The molecule has 6 heteroatoms. The average Bonchev–Trinajstić information content (AvgIpc) is 3.12. The summed E-state index contributed by atoms with van der Waals surface area (Å²) in [6, 6.07) is 4.21. The van der Waals surface area contributed by atoms with Gasteiger partial charge < -0.3 is 9.80 Å². The molecule has 0 atom stereocenters. The predicted octanol–water partition coefficient (Wildman–Crippen LogP) is 2.14. The molecule has 0 radical (unpaired) electrons. The zero-order chi connectivity index (χ0) is 17.9. The van der Waals surface area contributed by atoms with Gasteiger partial charge in [-0.2, -0.15) is 4.98 Å². The second-order valence-electron chi connectivity index (χ2n) is 7.49. The standard InChI is InChI=1S/C20H28N6/c1-24(2)19-17-7-13-25(15-16-5-9-21-10-6-16)14-8-18(17)22-20(23-19)26-11-3-4-12-26/h5-6,9-10H,3-4,7-8,11-15H2,1-2H3. The highest BCUT2D eigenvalue weighted by Crippen LogP contribution is 2.27. The van der Waals surface area contributed by atoms with Crippen molar-refractivity contribution in [3.8, 4) is 0 Å². The van der Waals surface area contributed by atoms with Crippen molar-refractivity contribution in [1.82, 2.24) is 19.9 Å². The molecule has 0 unspecified atom stereocenters. The van der Waals surface area contributed by atoms with Crippen LogP contribution in [0.3, 0.4) is 0 Å². The number of anilines is 2. The highest BCUT2D eigenvalue weighted by atomic mass is 15.3. The van der Waals surface area contributed by atoms with Gasteiger partial charge in [-0.1, -0.05) is 0 Å². The minimum Gasteiger partial charge on any atom is -0.362 e. The lowest BCUT2D eigenvalue weighted by atomic mass is 10.1. The van der Waals surface area contributed by atoms with Crippen molar-refractivity contribution in [1.29, 1.82) is 0 Å². The van der Waals surface area contributed by atoms with Gasteiger partial charge in [0.15, 0.2) is 0 Å². The van der Waals surface area contributed by atoms with Gasteiger partial charge in [0.25, 0.3) is 0 Å². The first kappa shape index (κ1) is 17.2. The molecule has 1 fully saturated rings. The van der Waals surface area contributed by atoms with Crippen LogP contribution in [-0.4, -0.2) is 60.1 Å². The first-order valence-corrected chi connectivity index (χ1v) is 9.64. The molecule has 0 amide bonds. The quantitative estimate of drug-likeness (QED) is 0.840. The molecule has 2 aliphatic heterocycles. The topological polar surface area (TPSA) is 48.4 Å². The van der Waals surface area contributed by atoms with Gasteiger partial charge in [0.05, 0.1) is 5.69 Å². The van der Waals surface area contributed by atoms with Crippen molar-refractivity contribution in [3.05, 3.63) is 41.3 Å². The zero-order valence-corrected chi connectivity index (χ0v) is 15.9. The lowest BCUT2D eigenvalue weighted by Gasteiger charge is -2.22. The van der Waals surface area contributed by atoms with Gasteiger partial charge in [-0.25, -0.2) is 4.98 Å². The van der Waals surface area contributed by atoms with Crippen LogP contribution in [0, 0.1) is 0 Å². The molecule has 0 spiro atoms. The largest absolute Gasteiger partial charge is 0.362 e. The summed E-state index contributed by atoms with van der Waals surface area (Å²) in [7, 11) is 4.19. The number of hydrogen-bond donors (Lipinski definition) is 0. The third-order valence-corrected chi connectivity index (χ3v) is 5.37. The first-order valence-electron chi connectivity index (χ1n) is 9.64. The Hall–Kier alpha value is -2.21. The summed E-state index contributed by atoms with van der Waals surface area (Å²) in [6.07, 6.45) is 8.24. The molecule has 0 bridgehead atoms. The Bertz CT molecular complexity index is 739. The van der Waals surface area contributed by atoms with E-state index in [4.69, 9.17) is 9.97 Å². The summed E-state index contributed by atoms with van der Waals surface area (Å²) in [5, 5.41) is 0. The number of rotatable bonds is 4. The van der Waals surface area contributed by atoms with E-state index >= 15 is 0 Å². The summed E-state index contributed by atoms with van der Waals surface area (Å²) in [5.41, 5.74) is 3.89. The van der Waals surface area contributed by atoms with Crippen molar-refractivity contribution >= 4 is 11.8 Å². The monoisotopic (exact) mass is 352 g/mol. The summed E-state index contributed by atoms with van der Waals surface area (Å²) in [5.74, 6) is 2.02. The fourth-order valence-corrected chi connectivity index (χ4v) is 3.95. The van der Waals surface area contributed by atoms with E-state index in [1.807, 2.05) is 12.4 Å². The van der Waals surface area contributed by atoms with Crippen LogP contribution >= 0.6 is 0 Å². The Morgan fingerprint density at radius 2 is 1.69 bits per heavy atom. The molecule has 6 nitrogen and oxygen atoms in total. The maximum absolute atomic E-state index is 4.99. The number of nitrogens with zero attached hydrogens (tertiary/aromatic N) is 6. The van der Waals surface area contributed by atoms with E-state index in [0.717, 1.165) is 57.3 Å². The van der Waals surface area contributed by atoms with Gasteiger partial charge in [-0.15, -0.1) is 0 Å². The maximum atomic E-state index is 4.99. The van der Waals surface area contributed by atoms with E-state index < -0.39 is 0 Å². The lowest BCUT2D eigenvalue weighted by molar-refractivity contribution is 0.279. The molecule has 4 rings (SSSR count). The Balaban J connectivity index is 1.57. The van der Waals surface area contributed by atoms with E-state index in [9.17, 15) is 0 Å². The zero-order valence-electron chi connectivity index (χ0n) is 15.9. The van der Waals surface area contributed by atoms with Gasteiger partial charge in [-0.3, -0.25) is 9.88 Å². The van der Waals surface area contributed by atoms with Gasteiger partial charge in [0.1, 0.15) is 5.82 Å². The highest BCUT2D eigenvalue weighted by Gasteiger charge is 2.24. The average molecular weight is 352 g/mol. The molecule has 2 aromatic heterocycles. The van der Waals surface area contributed by atoms with E-state index in [-0.39, 0.29) is 0 Å². The SMILES string of the molecule is CN(C)c1nc(N2CCCC2)nc2c1CCN(Cc1ccncc1)CC2. The third-order valence-electron chi connectivity index (χ3n) is 5.37. The second kappa shape index (κ2) is 7.58. The fourth-order valence-electron chi connectivity index (χ4n) is 3.95. The molecule has 2 aliphatic rings.